The first-order valence-electron chi connectivity index (χ1n) is 9.29. The van der Waals surface area contributed by atoms with Crippen molar-refractivity contribution in [1.82, 2.24) is 20.4 Å². The molecular weight excluding hydrogens is 320 g/mol. The lowest BCUT2D eigenvalue weighted by Gasteiger charge is -2.21. The number of fused-ring (bicyclic) bond motifs is 1. The summed E-state index contributed by atoms with van der Waals surface area (Å²) in [4.78, 5) is 24.2. The van der Waals surface area contributed by atoms with Crippen LogP contribution in [-0.4, -0.2) is 47.9 Å². The minimum Gasteiger partial charge on any atom is -0.383 e. The van der Waals surface area contributed by atoms with Crippen molar-refractivity contribution in [1.29, 1.82) is 0 Å². The number of amides is 2. The molecule has 3 rings (SSSR count). The second-order valence-corrected chi connectivity index (χ2v) is 7.13. The number of nitrogens with zero attached hydrogens (tertiary/aromatic N) is 2. The first-order valence-corrected chi connectivity index (χ1v) is 9.29. The van der Waals surface area contributed by atoms with Crippen molar-refractivity contribution in [3.05, 3.63) is 17.5 Å². The number of aromatic nitrogens is 2. The highest BCUT2D eigenvalue weighted by Crippen LogP contribution is 2.26. The maximum atomic E-state index is 12.2. The molecule has 2 heterocycles. The molecule has 2 aliphatic rings. The zero-order valence-corrected chi connectivity index (χ0v) is 14.9. The summed E-state index contributed by atoms with van der Waals surface area (Å²) in [5.41, 5.74) is 1.43. The van der Waals surface area contributed by atoms with Gasteiger partial charge in [-0.3, -0.25) is 14.3 Å². The van der Waals surface area contributed by atoms with E-state index < -0.39 is 0 Å². The van der Waals surface area contributed by atoms with Crippen LogP contribution in [0.4, 0.5) is 0 Å². The Morgan fingerprint density at radius 3 is 2.84 bits per heavy atom. The zero-order valence-electron chi connectivity index (χ0n) is 14.9. The average Bonchev–Trinajstić information content (AvgIpc) is 3.14. The number of rotatable bonds is 7. The van der Waals surface area contributed by atoms with Crippen LogP contribution in [0.3, 0.4) is 0 Å². The van der Waals surface area contributed by atoms with Crippen LogP contribution in [0.2, 0.25) is 0 Å². The molecule has 2 amide bonds. The van der Waals surface area contributed by atoms with Gasteiger partial charge in [-0.15, -0.1) is 0 Å². The van der Waals surface area contributed by atoms with E-state index in [1.54, 1.807) is 7.11 Å². The number of hydrogen-bond acceptors (Lipinski definition) is 4. The summed E-state index contributed by atoms with van der Waals surface area (Å²) in [6, 6.07) is 1.90. The highest BCUT2D eigenvalue weighted by Gasteiger charge is 2.27. The molecule has 1 fully saturated rings. The molecule has 7 nitrogen and oxygen atoms in total. The Hall–Kier alpha value is -1.89. The molecule has 25 heavy (non-hydrogen) atoms. The quantitative estimate of drug-likeness (QED) is 0.727. The average molecular weight is 348 g/mol. The molecule has 0 bridgehead atoms. The SMILES string of the molecule is COCCNC(=O)c1cc2n(n1)CC(NC(=O)CC1CCCCC1)C2. The lowest BCUT2D eigenvalue weighted by atomic mass is 9.87. The molecule has 138 valence electrons. The summed E-state index contributed by atoms with van der Waals surface area (Å²) in [6.45, 7) is 1.59. The highest BCUT2D eigenvalue weighted by molar-refractivity contribution is 5.92. The molecule has 0 aromatic carbocycles. The van der Waals surface area contributed by atoms with Crippen molar-refractivity contribution in [2.75, 3.05) is 20.3 Å². The predicted molar refractivity (Wildman–Crippen MR) is 93.3 cm³/mol. The standard InChI is InChI=1S/C18H28N4O3/c1-25-8-7-19-18(24)16-11-15-10-14(12-22(15)21-16)20-17(23)9-13-5-3-2-4-6-13/h11,13-14H,2-10,12H2,1H3,(H,19,24)(H,20,23). The Morgan fingerprint density at radius 2 is 2.12 bits per heavy atom. The molecule has 1 aliphatic carbocycles. The molecule has 1 aromatic rings. The van der Waals surface area contributed by atoms with E-state index in [9.17, 15) is 9.59 Å². The second kappa shape index (κ2) is 8.47. The van der Waals surface area contributed by atoms with Crippen LogP contribution in [-0.2, 0) is 22.5 Å². The largest absolute Gasteiger partial charge is 0.383 e. The Balaban J connectivity index is 1.45. The maximum absolute atomic E-state index is 12.2. The van der Waals surface area contributed by atoms with Gasteiger partial charge in [-0.1, -0.05) is 19.3 Å². The number of carbonyl (C=O) groups is 2. The minimum atomic E-state index is -0.183. The Morgan fingerprint density at radius 1 is 1.32 bits per heavy atom. The monoisotopic (exact) mass is 348 g/mol. The van der Waals surface area contributed by atoms with Crippen LogP contribution in [0.5, 0.6) is 0 Å². The van der Waals surface area contributed by atoms with Crippen molar-refractivity contribution >= 4 is 11.8 Å². The van der Waals surface area contributed by atoms with Gasteiger partial charge in [0.1, 0.15) is 5.69 Å². The second-order valence-electron chi connectivity index (χ2n) is 7.13. The minimum absolute atomic E-state index is 0.0872. The molecule has 2 N–H and O–H groups in total. The van der Waals surface area contributed by atoms with E-state index in [0.29, 0.717) is 37.7 Å². The van der Waals surface area contributed by atoms with Crippen molar-refractivity contribution < 1.29 is 14.3 Å². The van der Waals surface area contributed by atoms with Gasteiger partial charge in [0, 0.05) is 32.2 Å². The summed E-state index contributed by atoms with van der Waals surface area (Å²) in [6.07, 6.45) is 7.56. The van der Waals surface area contributed by atoms with E-state index in [1.807, 2.05) is 10.7 Å². The van der Waals surface area contributed by atoms with E-state index in [4.69, 9.17) is 4.74 Å². The summed E-state index contributed by atoms with van der Waals surface area (Å²) in [5.74, 6) is 0.520. The first-order chi connectivity index (χ1) is 12.2. The summed E-state index contributed by atoms with van der Waals surface area (Å²) < 4.78 is 6.74. The van der Waals surface area contributed by atoms with E-state index in [1.165, 1.54) is 32.1 Å². The van der Waals surface area contributed by atoms with Crippen LogP contribution in [0.25, 0.3) is 0 Å². The van der Waals surface area contributed by atoms with Gasteiger partial charge in [-0.25, -0.2) is 0 Å². The summed E-state index contributed by atoms with van der Waals surface area (Å²) >= 11 is 0. The number of nitrogens with one attached hydrogen (secondary N) is 2. The lowest BCUT2D eigenvalue weighted by Crippen LogP contribution is -2.37. The Labute approximate surface area is 148 Å². The van der Waals surface area contributed by atoms with Crippen LogP contribution in [0.15, 0.2) is 6.07 Å². The van der Waals surface area contributed by atoms with Crippen LogP contribution in [0, 0.1) is 5.92 Å². The molecule has 1 atom stereocenters. The van der Waals surface area contributed by atoms with Gasteiger partial charge in [-0.05, 0) is 24.8 Å². The fourth-order valence-electron chi connectivity index (χ4n) is 3.81. The molecule has 7 heteroatoms. The van der Waals surface area contributed by atoms with E-state index in [0.717, 1.165) is 12.1 Å². The smallest absolute Gasteiger partial charge is 0.271 e. The molecular formula is C18H28N4O3. The number of ether oxygens (including phenoxy) is 1. The van der Waals surface area contributed by atoms with Gasteiger partial charge in [0.15, 0.2) is 0 Å². The topological polar surface area (TPSA) is 85.2 Å². The van der Waals surface area contributed by atoms with Crippen LogP contribution in [0.1, 0.15) is 54.7 Å². The van der Waals surface area contributed by atoms with E-state index in [2.05, 4.69) is 15.7 Å². The highest BCUT2D eigenvalue weighted by atomic mass is 16.5. The molecule has 0 spiro atoms. The van der Waals surface area contributed by atoms with Crippen molar-refractivity contribution in [3.8, 4) is 0 Å². The Kier molecular flexibility index (Phi) is 6.07. The van der Waals surface area contributed by atoms with E-state index in [-0.39, 0.29) is 17.9 Å². The van der Waals surface area contributed by atoms with Crippen LogP contribution >= 0.6 is 0 Å². The zero-order chi connectivity index (χ0) is 17.6. The lowest BCUT2D eigenvalue weighted by molar-refractivity contribution is -0.122. The number of carbonyl (C=O) groups excluding carboxylic acids is 2. The molecule has 0 radical (unpaired) electrons. The van der Waals surface area contributed by atoms with Crippen molar-refractivity contribution in [2.45, 2.75) is 57.5 Å². The normalized spacial score (nSPS) is 20.3. The maximum Gasteiger partial charge on any atom is 0.271 e. The van der Waals surface area contributed by atoms with Gasteiger partial charge in [0.2, 0.25) is 5.91 Å². The van der Waals surface area contributed by atoms with Crippen LogP contribution < -0.4 is 10.6 Å². The van der Waals surface area contributed by atoms with Gasteiger partial charge in [-0.2, -0.15) is 5.10 Å². The molecule has 1 aliphatic heterocycles. The fraction of sp³-hybridized carbons (Fsp3) is 0.722. The fourth-order valence-corrected chi connectivity index (χ4v) is 3.81. The van der Waals surface area contributed by atoms with Gasteiger partial charge < -0.3 is 15.4 Å². The third-order valence-electron chi connectivity index (χ3n) is 5.10. The van der Waals surface area contributed by atoms with Crippen molar-refractivity contribution in [3.63, 3.8) is 0 Å². The number of hydrogen-bond donors (Lipinski definition) is 2. The number of methoxy groups -OCH3 is 1. The summed E-state index contributed by atoms with van der Waals surface area (Å²) in [7, 11) is 1.60. The molecule has 0 saturated heterocycles. The summed E-state index contributed by atoms with van der Waals surface area (Å²) in [5, 5.41) is 10.3. The van der Waals surface area contributed by atoms with Gasteiger partial charge in [0.25, 0.3) is 5.91 Å². The third-order valence-corrected chi connectivity index (χ3v) is 5.10. The van der Waals surface area contributed by atoms with Gasteiger partial charge >= 0.3 is 0 Å². The van der Waals surface area contributed by atoms with Crippen molar-refractivity contribution in [2.24, 2.45) is 5.92 Å². The molecule has 1 saturated carbocycles. The first kappa shape index (κ1) is 17.9. The molecule has 1 aromatic heterocycles. The van der Waals surface area contributed by atoms with E-state index >= 15 is 0 Å². The van der Waals surface area contributed by atoms with Gasteiger partial charge in [0.05, 0.1) is 19.2 Å². The Bertz CT molecular complexity index is 584. The molecule has 1 unspecified atom stereocenters. The predicted octanol–water partition coefficient (Wildman–Crippen LogP) is 1.27. The third kappa shape index (κ3) is 4.81.